The van der Waals surface area contributed by atoms with Crippen LogP contribution in [0.25, 0.3) is 0 Å². The molecular formula is C14H26N2O3. The number of aliphatic carboxylic acids is 1. The third-order valence-electron chi connectivity index (χ3n) is 4.00. The van der Waals surface area contributed by atoms with Crippen molar-refractivity contribution in [2.45, 2.75) is 40.0 Å². The van der Waals surface area contributed by atoms with Gasteiger partial charge in [0.15, 0.2) is 0 Å². The van der Waals surface area contributed by atoms with Crippen LogP contribution in [0.4, 0.5) is 4.79 Å². The van der Waals surface area contributed by atoms with Crippen LogP contribution in [0.2, 0.25) is 0 Å². The van der Waals surface area contributed by atoms with Crippen LogP contribution in [0.15, 0.2) is 0 Å². The van der Waals surface area contributed by atoms with Gasteiger partial charge in [-0.2, -0.15) is 0 Å². The normalized spacial score (nSPS) is 16.7. The number of nitrogens with zero attached hydrogens (tertiary/aromatic N) is 2. The summed E-state index contributed by atoms with van der Waals surface area (Å²) in [6.07, 6.45) is 2.13. The molecule has 0 aromatic carbocycles. The molecule has 1 aliphatic heterocycles. The maximum atomic E-state index is 12.3. The average Bonchev–Trinajstić information content (AvgIpc) is 2.39. The van der Waals surface area contributed by atoms with Gasteiger partial charge >= 0.3 is 12.0 Å². The van der Waals surface area contributed by atoms with Crippen molar-refractivity contribution in [3.05, 3.63) is 0 Å². The van der Waals surface area contributed by atoms with E-state index >= 15 is 0 Å². The summed E-state index contributed by atoms with van der Waals surface area (Å²) in [6.45, 7) is 8.81. The summed E-state index contributed by atoms with van der Waals surface area (Å²) in [5.41, 5.74) is 0. The van der Waals surface area contributed by atoms with Crippen LogP contribution in [0.5, 0.6) is 0 Å². The molecule has 19 heavy (non-hydrogen) atoms. The quantitative estimate of drug-likeness (QED) is 0.833. The van der Waals surface area contributed by atoms with Crippen molar-refractivity contribution < 1.29 is 14.7 Å². The summed E-state index contributed by atoms with van der Waals surface area (Å²) >= 11 is 0. The SMILES string of the molecule is CCN(CCC(=O)O)C(=O)N1CCC(C(C)C)CC1. The van der Waals surface area contributed by atoms with Crippen LogP contribution in [-0.2, 0) is 4.79 Å². The molecule has 0 aromatic rings. The van der Waals surface area contributed by atoms with Crippen LogP contribution in [-0.4, -0.2) is 53.1 Å². The van der Waals surface area contributed by atoms with E-state index in [1.54, 1.807) is 4.90 Å². The maximum Gasteiger partial charge on any atom is 0.320 e. The fraction of sp³-hybridized carbons (Fsp3) is 0.857. The molecule has 0 radical (unpaired) electrons. The Bertz CT molecular complexity index is 310. The van der Waals surface area contributed by atoms with E-state index < -0.39 is 5.97 Å². The molecule has 0 atom stereocenters. The van der Waals surface area contributed by atoms with Gasteiger partial charge in [0, 0.05) is 26.2 Å². The van der Waals surface area contributed by atoms with Crippen LogP contribution in [0.1, 0.15) is 40.0 Å². The summed E-state index contributed by atoms with van der Waals surface area (Å²) in [4.78, 5) is 26.4. The Hall–Kier alpha value is -1.26. The van der Waals surface area contributed by atoms with Gasteiger partial charge in [-0.25, -0.2) is 4.79 Å². The first-order valence-corrected chi connectivity index (χ1v) is 7.21. The summed E-state index contributed by atoms with van der Waals surface area (Å²) in [5.74, 6) is 0.523. The zero-order valence-corrected chi connectivity index (χ0v) is 12.3. The number of likely N-dealkylation sites (tertiary alicyclic amines) is 1. The monoisotopic (exact) mass is 270 g/mol. The van der Waals surface area contributed by atoms with Gasteiger partial charge in [-0.3, -0.25) is 4.79 Å². The minimum Gasteiger partial charge on any atom is -0.481 e. The lowest BCUT2D eigenvalue weighted by Crippen LogP contribution is -2.47. The Labute approximate surface area is 115 Å². The summed E-state index contributed by atoms with van der Waals surface area (Å²) in [7, 11) is 0. The van der Waals surface area contributed by atoms with Gasteiger partial charge in [-0.1, -0.05) is 13.8 Å². The van der Waals surface area contributed by atoms with Crippen LogP contribution >= 0.6 is 0 Å². The molecule has 0 aliphatic carbocycles. The smallest absolute Gasteiger partial charge is 0.320 e. The fourth-order valence-electron chi connectivity index (χ4n) is 2.58. The lowest BCUT2D eigenvalue weighted by atomic mass is 9.87. The Morgan fingerprint density at radius 2 is 1.89 bits per heavy atom. The molecule has 2 amide bonds. The minimum atomic E-state index is -0.857. The van der Waals surface area contributed by atoms with Gasteiger partial charge in [-0.15, -0.1) is 0 Å². The van der Waals surface area contributed by atoms with Gasteiger partial charge < -0.3 is 14.9 Å². The molecule has 1 N–H and O–H groups in total. The van der Waals surface area contributed by atoms with E-state index in [0.717, 1.165) is 25.9 Å². The molecule has 1 saturated heterocycles. The molecule has 0 aromatic heterocycles. The number of rotatable bonds is 5. The van der Waals surface area contributed by atoms with E-state index in [9.17, 15) is 9.59 Å². The van der Waals surface area contributed by atoms with Crippen molar-refractivity contribution in [3.63, 3.8) is 0 Å². The zero-order valence-electron chi connectivity index (χ0n) is 12.3. The predicted octanol–water partition coefficient (Wildman–Crippen LogP) is 2.27. The number of hydrogen-bond donors (Lipinski definition) is 1. The lowest BCUT2D eigenvalue weighted by molar-refractivity contribution is -0.137. The first kappa shape index (κ1) is 15.8. The van der Waals surface area contributed by atoms with Gasteiger partial charge in [0.2, 0.25) is 0 Å². The van der Waals surface area contributed by atoms with Crippen molar-refractivity contribution in [1.29, 1.82) is 0 Å². The van der Waals surface area contributed by atoms with E-state index in [4.69, 9.17) is 5.11 Å². The van der Waals surface area contributed by atoms with E-state index in [1.165, 1.54) is 0 Å². The van der Waals surface area contributed by atoms with Gasteiger partial charge in [-0.05, 0) is 31.6 Å². The molecule has 5 heteroatoms. The summed E-state index contributed by atoms with van der Waals surface area (Å²) in [6, 6.07) is -0.00837. The molecule has 110 valence electrons. The van der Waals surface area contributed by atoms with Crippen LogP contribution in [0.3, 0.4) is 0 Å². The molecule has 1 aliphatic rings. The van der Waals surface area contributed by atoms with E-state index in [2.05, 4.69) is 13.8 Å². The number of hydrogen-bond acceptors (Lipinski definition) is 2. The highest BCUT2D eigenvalue weighted by Gasteiger charge is 2.27. The highest BCUT2D eigenvalue weighted by Crippen LogP contribution is 2.24. The van der Waals surface area contributed by atoms with Crippen LogP contribution < -0.4 is 0 Å². The standard InChI is InChI=1S/C14H26N2O3/c1-4-15(10-7-13(17)18)14(19)16-8-5-12(6-9-16)11(2)3/h11-12H,4-10H2,1-3H3,(H,17,18). The number of carboxylic acids is 1. The largest absolute Gasteiger partial charge is 0.481 e. The number of amides is 2. The highest BCUT2D eigenvalue weighted by molar-refractivity contribution is 5.75. The van der Waals surface area contributed by atoms with Crippen LogP contribution in [0, 0.1) is 11.8 Å². The molecule has 5 nitrogen and oxygen atoms in total. The van der Waals surface area contributed by atoms with Crippen molar-refractivity contribution >= 4 is 12.0 Å². The highest BCUT2D eigenvalue weighted by atomic mass is 16.4. The van der Waals surface area contributed by atoms with Gasteiger partial charge in [0.1, 0.15) is 0 Å². The number of carbonyl (C=O) groups excluding carboxylic acids is 1. The predicted molar refractivity (Wildman–Crippen MR) is 74.0 cm³/mol. The summed E-state index contributed by atoms with van der Waals surface area (Å²) < 4.78 is 0. The Balaban J connectivity index is 2.46. The molecule has 0 unspecified atom stereocenters. The van der Waals surface area contributed by atoms with Gasteiger partial charge in [0.05, 0.1) is 6.42 Å². The van der Waals surface area contributed by atoms with Crippen molar-refractivity contribution in [2.75, 3.05) is 26.2 Å². The second kappa shape index (κ2) is 7.36. The first-order valence-electron chi connectivity index (χ1n) is 7.21. The number of carbonyl (C=O) groups is 2. The van der Waals surface area contributed by atoms with Gasteiger partial charge in [0.25, 0.3) is 0 Å². The topological polar surface area (TPSA) is 60.9 Å². The van der Waals surface area contributed by atoms with Crippen molar-refractivity contribution in [2.24, 2.45) is 11.8 Å². The molecule has 1 heterocycles. The minimum absolute atomic E-state index is 0.00837. The Morgan fingerprint density at radius 3 is 2.32 bits per heavy atom. The molecule has 0 bridgehead atoms. The summed E-state index contributed by atoms with van der Waals surface area (Å²) in [5, 5.41) is 8.69. The molecule has 1 rings (SSSR count). The first-order chi connectivity index (χ1) is 8.95. The average molecular weight is 270 g/mol. The number of piperidine rings is 1. The molecule has 1 fully saturated rings. The number of urea groups is 1. The van der Waals surface area contributed by atoms with Crippen molar-refractivity contribution in [1.82, 2.24) is 9.80 Å². The zero-order chi connectivity index (χ0) is 14.4. The Morgan fingerprint density at radius 1 is 1.32 bits per heavy atom. The third kappa shape index (κ3) is 4.73. The lowest BCUT2D eigenvalue weighted by Gasteiger charge is -2.36. The van der Waals surface area contributed by atoms with E-state index in [0.29, 0.717) is 24.9 Å². The Kier molecular flexibility index (Phi) is 6.12. The van der Waals surface area contributed by atoms with E-state index in [1.807, 2.05) is 11.8 Å². The second-order valence-electron chi connectivity index (χ2n) is 5.57. The van der Waals surface area contributed by atoms with E-state index in [-0.39, 0.29) is 12.5 Å². The molecule has 0 spiro atoms. The fourth-order valence-corrected chi connectivity index (χ4v) is 2.58. The number of carboxylic acid groups (broad SMARTS) is 1. The molecule has 0 saturated carbocycles. The second-order valence-corrected chi connectivity index (χ2v) is 5.57. The van der Waals surface area contributed by atoms with Crippen molar-refractivity contribution in [3.8, 4) is 0 Å². The molecular weight excluding hydrogens is 244 g/mol. The maximum absolute atomic E-state index is 12.3. The third-order valence-corrected chi connectivity index (χ3v) is 4.00.